The highest BCUT2D eigenvalue weighted by Gasteiger charge is 2.53. The molecule has 2 rings (SSSR count). The van der Waals surface area contributed by atoms with Gasteiger partial charge in [-0.05, 0) is 57.4 Å². The second kappa shape index (κ2) is 8.14. The summed E-state index contributed by atoms with van der Waals surface area (Å²) < 4.78 is 5.30. The van der Waals surface area contributed by atoms with Crippen LogP contribution in [0.2, 0.25) is 0 Å². The number of unbranched alkanes of at least 4 members (excludes halogenated alkanes) is 2. The molecule has 0 aromatic rings. The van der Waals surface area contributed by atoms with E-state index in [9.17, 15) is 4.79 Å². The van der Waals surface area contributed by atoms with E-state index in [0.29, 0.717) is 11.3 Å². The Kier molecular flexibility index (Phi) is 6.49. The average molecular weight is 296 g/mol. The molecule has 4 nitrogen and oxygen atoms in total. The second-order valence-corrected chi connectivity index (χ2v) is 6.86. The Bertz CT molecular complexity index is 319. The molecule has 2 aliphatic rings. The smallest absolute Gasteiger partial charge is 0.223 e. The molecule has 0 bridgehead atoms. The van der Waals surface area contributed by atoms with Crippen LogP contribution in [-0.4, -0.2) is 50.2 Å². The summed E-state index contributed by atoms with van der Waals surface area (Å²) in [6.45, 7) is 10.4. The fourth-order valence-electron chi connectivity index (χ4n) is 3.81. The van der Waals surface area contributed by atoms with Gasteiger partial charge in [-0.2, -0.15) is 0 Å². The van der Waals surface area contributed by atoms with Crippen molar-refractivity contribution in [3.05, 3.63) is 0 Å². The van der Waals surface area contributed by atoms with Crippen molar-refractivity contribution in [1.82, 2.24) is 10.2 Å². The first-order valence-electron chi connectivity index (χ1n) is 8.77. The third kappa shape index (κ3) is 4.68. The lowest BCUT2D eigenvalue weighted by molar-refractivity contribution is -0.144. The third-order valence-electron chi connectivity index (χ3n) is 4.86. The lowest BCUT2D eigenvalue weighted by Crippen LogP contribution is -2.63. The molecule has 122 valence electrons. The zero-order valence-corrected chi connectivity index (χ0v) is 13.8. The van der Waals surface area contributed by atoms with Gasteiger partial charge in [-0.25, -0.2) is 0 Å². The maximum atomic E-state index is 12.0. The molecule has 1 heterocycles. The summed E-state index contributed by atoms with van der Waals surface area (Å²) in [6, 6.07) is 0. The first-order valence-corrected chi connectivity index (χ1v) is 8.77. The predicted molar refractivity (Wildman–Crippen MR) is 85.2 cm³/mol. The van der Waals surface area contributed by atoms with Gasteiger partial charge in [0, 0.05) is 38.8 Å². The molecule has 0 atom stereocenters. The van der Waals surface area contributed by atoms with Crippen molar-refractivity contribution in [2.75, 3.05) is 39.4 Å². The normalized spacial score (nSPS) is 21.0. The van der Waals surface area contributed by atoms with E-state index in [0.717, 1.165) is 51.9 Å². The summed E-state index contributed by atoms with van der Waals surface area (Å²) >= 11 is 0. The van der Waals surface area contributed by atoms with Gasteiger partial charge in [0.15, 0.2) is 0 Å². The molecule has 1 aliphatic carbocycles. The Morgan fingerprint density at radius 3 is 2.67 bits per heavy atom. The van der Waals surface area contributed by atoms with Crippen molar-refractivity contribution in [1.29, 1.82) is 0 Å². The molecular formula is C17H32N2O2. The zero-order chi connectivity index (χ0) is 15.1. The number of amides is 1. The number of nitrogens with one attached hydrogen (secondary N) is 1. The first kappa shape index (κ1) is 16.8. The van der Waals surface area contributed by atoms with Gasteiger partial charge >= 0.3 is 0 Å². The maximum Gasteiger partial charge on any atom is 0.223 e. The summed E-state index contributed by atoms with van der Waals surface area (Å²) in [6.07, 6.45) is 6.78. The third-order valence-corrected chi connectivity index (χ3v) is 4.86. The molecule has 2 fully saturated rings. The summed E-state index contributed by atoms with van der Waals surface area (Å²) in [5, 5.41) is 3.10. The van der Waals surface area contributed by atoms with Crippen LogP contribution in [0, 0.1) is 11.3 Å². The average Bonchev–Trinajstić information content (AvgIpc) is 2.38. The molecule has 0 aromatic heterocycles. The number of hydrogen-bond acceptors (Lipinski definition) is 3. The summed E-state index contributed by atoms with van der Waals surface area (Å²) in [5.41, 5.74) is 0.509. The van der Waals surface area contributed by atoms with E-state index in [4.69, 9.17) is 4.74 Å². The molecule has 0 unspecified atom stereocenters. The standard InChI is InChI=1S/C17H32N2O2/c1-3-9-19-13-17(14-19)11-15(12-17)16(20)18-8-6-5-7-10-21-4-2/h15H,3-14H2,1-2H3,(H,18,20). The molecule has 4 heteroatoms. The van der Waals surface area contributed by atoms with Gasteiger partial charge in [-0.1, -0.05) is 6.92 Å². The molecule has 0 radical (unpaired) electrons. The minimum absolute atomic E-state index is 0.289. The highest BCUT2D eigenvalue weighted by molar-refractivity contribution is 5.79. The Hall–Kier alpha value is -0.610. The van der Waals surface area contributed by atoms with E-state index < -0.39 is 0 Å². The van der Waals surface area contributed by atoms with Crippen LogP contribution in [0.25, 0.3) is 0 Å². The minimum atomic E-state index is 0.289. The van der Waals surface area contributed by atoms with Gasteiger partial charge in [0.2, 0.25) is 5.91 Å². The van der Waals surface area contributed by atoms with Crippen molar-refractivity contribution >= 4 is 5.91 Å². The van der Waals surface area contributed by atoms with E-state index in [1.165, 1.54) is 26.1 Å². The second-order valence-electron chi connectivity index (χ2n) is 6.86. The van der Waals surface area contributed by atoms with Crippen LogP contribution in [0.3, 0.4) is 0 Å². The lowest BCUT2D eigenvalue weighted by atomic mass is 9.57. The number of hydrogen-bond donors (Lipinski definition) is 1. The van der Waals surface area contributed by atoms with Crippen LogP contribution in [0.5, 0.6) is 0 Å². The molecule has 1 N–H and O–H groups in total. The van der Waals surface area contributed by atoms with Gasteiger partial charge in [0.05, 0.1) is 0 Å². The van der Waals surface area contributed by atoms with Crippen molar-refractivity contribution in [2.24, 2.45) is 11.3 Å². The molecule has 1 saturated carbocycles. The summed E-state index contributed by atoms with van der Waals surface area (Å²) in [4.78, 5) is 14.6. The molecule has 1 saturated heterocycles. The zero-order valence-electron chi connectivity index (χ0n) is 13.8. The Morgan fingerprint density at radius 1 is 1.24 bits per heavy atom. The monoisotopic (exact) mass is 296 g/mol. The van der Waals surface area contributed by atoms with Gasteiger partial charge in [-0.15, -0.1) is 0 Å². The number of nitrogens with zero attached hydrogens (tertiary/aromatic N) is 1. The van der Waals surface area contributed by atoms with E-state index in [1.54, 1.807) is 0 Å². The van der Waals surface area contributed by atoms with E-state index in [2.05, 4.69) is 17.1 Å². The highest BCUT2D eigenvalue weighted by atomic mass is 16.5. The summed E-state index contributed by atoms with van der Waals surface area (Å²) in [5.74, 6) is 0.580. The van der Waals surface area contributed by atoms with Gasteiger partial charge < -0.3 is 15.0 Å². The number of carbonyl (C=O) groups excluding carboxylic acids is 1. The van der Waals surface area contributed by atoms with Crippen LogP contribution in [0.4, 0.5) is 0 Å². The highest BCUT2D eigenvalue weighted by Crippen LogP contribution is 2.51. The summed E-state index contributed by atoms with van der Waals surface area (Å²) in [7, 11) is 0. The Balaban J connectivity index is 1.46. The first-order chi connectivity index (χ1) is 10.2. The van der Waals surface area contributed by atoms with Crippen molar-refractivity contribution in [3.8, 4) is 0 Å². The molecule has 0 aromatic carbocycles. The fourth-order valence-corrected chi connectivity index (χ4v) is 3.81. The predicted octanol–water partition coefficient (Wildman–Crippen LogP) is 2.43. The van der Waals surface area contributed by atoms with Crippen LogP contribution < -0.4 is 5.32 Å². The van der Waals surface area contributed by atoms with Crippen molar-refractivity contribution in [2.45, 2.75) is 52.4 Å². The van der Waals surface area contributed by atoms with Crippen molar-refractivity contribution < 1.29 is 9.53 Å². The number of carbonyl (C=O) groups is 1. The van der Waals surface area contributed by atoms with E-state index in [-0.39, 0.29) is 5.92 Å². The minimum Gasteiger partial charge on any atom is -0.382 e. The van der Waals surface area contributed by atoms with Gasteiger partial charge in [-0.3, -0.25) is 4.79 Å². The quantitative estimate of drug-likeness (QED) is 0.630. The van der Waals surface area contributed by atoms with Crippen LogP contribution in [0.1, 0.15) is 52.4 Å². The van der Waals surface area contributed by atoms with Gasteiger partial charge in [0.25, 0.3) is 0 Å². The van der Waals surface area contributed by atoms with Crippen LogP contribution in [0.15, 0.2) is 0 Å². The largest absolute Gasteiger partial charge is 0.382 e. The molecule has 1 spiro atoms. The van der Waals surface area contributed by atoms with Gasteiger partial charge in [0.1, 0.15) is 0 Å². The van der Waals surface area contributed by atoms with Crippen LogP contribution in [-0.2, 0) is 9.53 Å². The molecule has 1 amide bonds. The fraction of sp³-hybridized carbons (Fsp3) is 0.941. The molecular weight excluding hydrogens is 264 g/mol. The maximum absolute atomic E-state index is 12.0. The number of ether oxygens (including phenoxy) is 1. The SMILES string of the molecule is CCCN1CC2(CC(C(=O)NCCCCCOCC)C2)C1. The van der Waals surface area contributed by atoms with E-state index in [1.807, 2.05) is 6.92 Å². The number of rotatable bonds is 10. The topological polar surface area (TPSA) is 41.6 Å². The Labute approximate surface area is 129 Å². The number of likely N-dealkylation sites (tertiary alicyclic amines) is 1. The molecule has 1 aliphatic heterocycles. The Morgan fingerprint density at radius 2 is 2.00 bits per heavy atom. The lowest BCUT2D eigenvalue weighted by Gasteiger charge is -2.58. The molecule has 21 heavy (non-hydrogen) atoms. The van der Waals surface area contributed by atoms with Crippen LogP contribution >= 0.6 is 0 Å². The van der Waals surface area contributed by atoms with E-state index >= 15 is 0 Å². The van der Waals surface area contributed by atoms with Crippen molar-refractivity contribution in [3.63, 3.8) is 0 Å².